The Labute approximate surface area is 167 Å². The molecule has 148 valence electrons. The van der Waals surface area contributed by atoms with Crippen LogP contribution in [-0.4, -0.2) is 41.0 Å². The molecule has 4 heteroatoms. The van der Waals surface area contributed by atoms with Crippen molar-refractivity contribution in [3.05, 3.63) is 41.6 Å². The number of amides is 1. The van der Waals surface area contributed by atoms with Crippen LogP contribution in [0.2, 0.25) is 0 Å². The first-order valence-electron chi connectivity index (χ1n) is 11.0. The van der Waals surface area contributed by atoms with Gasteiger partial charge in [0.1, 0.15) is 0 Å². The number of hydrogen-bond donors (Lipinski definition) is 2. The van der Waals surface area contributed by atoms with Crippen molar-refractivity contribution in [2.24, 2.45) is 11.8 Å². The van der Waals surface area contributed by atoms with Gasteiger partial charge < -0.3 is 10.3 Å². The second-order valence-electron chi connectivity index (χ2n) is 8.91. The Morgan fingerprint density at radius 3 is 2.86 bits per heavy atom. The predicted octanol–water partition coefficient (Wildman–Crippen LogP) is 4.12. The molecule has 0 bridgehead atoms. The molecule has 28 heavy (non-hydrogen) atoms. The largest absolute Gasteiger partial charge is 0.361 e. The van der Waals surface area contributed by atoms with E-state index in [1.165, 1.54) is 40.4 Å². The standard InChI is InChI=1S/C24H31N3O/c1-3-18(4-2)26-24(28)17-10-20-19-6-5-7-21-23(19)16(12-25-21)11-22(20)27(14-17)13-15-8-9-15/h5-7,10,12,15,17-18,22,25H,3-4,8-9,11,13-14H2,1-2H3,(H,26,28)/t17-,22-/m1/s1. The Kier molecular flexibility index (Phi) is 4.54. The molecular formula is C24H31N3O. The van der Waals surface area contributed by atoms with Crippen LogP contribution in [0.3, 0.4) is 0 Å². The van der Waals surface area contributed by atoms with E-state index in [9.17, 15) is 4.79 Å². The molecule has 1 fully saturated rings. The van der Waals surface area contributed by atoms with Crippen molar-refractivity contribution in [1.29, 1.82) is 0 Å². The van der Waals surface area contributed by atoms with Crippen molar-refractivity contribution in [1.82, 2.24) is 15.2 Å². The van der Waals surface area contributed by atoms with E-state index in [1.54, 1.807) is 0 Å². The first-order valence-corrected chi connectivity index (χ1v) is 11.0. The van der Waals surface area contributed by atoms with Gasteiger partial charge in [0.25, 0.3) is 0 Å². The summed E-state index contributed by atoms with van der Waals surface area (Å²) in [6.07, 6.45) is 10.2. The number of carbonyl (C=O) groups is 1. The number of fused-ring (bicyclic) bond motifs is 2. The number of carbonyl (C=O) groups excluding carboxylic acids is 1. The summed E-state index contributed by atoms with van der Waals surface area (Å²) in [6, 6.07) is 7.23. The number of rotatable bonds is 6. The summed E-state index contributed by atoms with van der Waals surface area (Å²) in [5.41, 5.74) is 5.33. The van der Waals surface area contributed by atoms with Gasteiger partial charge in [-0.05, 0) is 60.8 Å². The summed E-state index contributed by atoms with van der Waals surface area (Å²) >= 11 is 0. The average molecular weight is 378 g/mol. The molecule has 0 radical (unpaired) electrons. The fraction of sp³-hybridized carbons (Fsp3) is 0.542. The van der Waals surface area contributed by atoms with E-state index in [1.807, 2.05) is 0 Å². The molecule has 0 unspecified atom stereocenters. The van der Waals surface area contributed by atoms with Gasteiger partial charge in [0.05, 0.1) is 5.92 Å². The van der Waals surface area contributed by atoms with Crippen LogP contribution in [0.25, 0.3) is 16.5 Å². The second-order valence-corrected chi connectivity index (χ2v) is 8.91. The highest BCUT2D eigenvalue weighted by Gasteiger charge is 2.39. The highest BCUT2D eigenvalue weighted by Crippen LogP contribution is 2.42. The van der Waals surface area contributed by atoms with Crippen LogP contribution in [-0.2, 0) is 11.2 Å². The zero-order valence-corrected chi connectivity index (χ0v) is 17.0. The average Bonchev–Trinajstić information content (AvgIpc) is 3.44. The lowest BCUT2D eigenvalue weighted by molar-refractivity contribution is -0.125. The quantitative estimate of drug-likeness (QED) is 0.795. The van der Waals surface area contributed by atoms with Gasteiger partial charge >= 0.3 is 0 Å². The lowest BCUT2D eigenvalue weighted by Crippen LogP contribution is -2.50. The first kappa shape index (κ1) is 18.0. The molecular weight excluding hydrogens is 346 g/mol. The number of benzene rings is 1. The third kappa shape index (κ3) is 3.08. The maximum absolute atomic E-state index is 13.1. The number of nitrogens with zero attached hydrogens (tertiary/aromatic N) is 1. The summed E-state index contributed by atoms with van der Waals surface area (Å²) in [7, 11) is 0. The smallest absolute Gasteiger partial charge is 0.228 e. The van der Waals surface area contributed by atoms with Crippen molar-refractivity contribution in [3.8, 4) is 0 Å². The van der Waals surface area contributed by atoms with E-state index < -0.39 is 0 Å². The normalized spacial score (nSPS) is 24.3. The lowest BCUT2D eigenvalue weighted by Gasteiger charge is -2.42. The van der Waals surface area contributed by atoms with E-state index >= 15 is 0 Å². The summed E-state index contributed by atoms with van der Waals surface area (Å²) in [5, 5.41) is 4.65. The van der Waals surface area contributed by atoms with Crippen LogP contribution < -0.4 is 5.32 Å². The Hall–Kier alpha value is -2.07. The molecule has 3 aliphatic rings. The van der Waals surface area contributed by atoms with Crippen LogP contribution in [0.5, 0.6) is 0 Å². The molecule has 1 aromatic heterocycles. The number of nitrogens with one attached hydrogen (secondary N) is 2. The molecule has 4 nitrogen and oxygen atoms in total. The molecule has 1 amide bonds. The van der Waals surface area contributed by atoms with Gasteiger partial charge in [-0.3, -0.25) is 9.69 Å². The van der Waals surface area contributed by atoms with Crippen molar-refractivity contribution in [3.63, 3.8) is 0 Å². The van der Waals surface area contributed by atoms with Crippen LogP contribution in [0.1, 0.15) is 50.7 Å². The molecule has 0 saturated heterocycles. The van der Waals surface area contributed by atoms with Gasteiger partial charge in [0, 0.05) is 42.3 Å². The molecule has 2 aliphatic carbocycles. The fourth-order valence-corrected chi connectivity index (χ4v) is 5.12. The van der Waals surface area contributed by atoms with E-state index in [0.717, 1.165) is 38.3 Å². The molecule has 1 aromatic carbocycles. The summed E-state index contributed by atoms with van der Waals surface area (Å²) < 4.78 is 0. The molecule has 2 heterocycles. The van der Waals surface area contributed by atoms with E-state index in [2.05, 4.69) is 59.5 Å². The zero-order valence-electron chi connectivity index (χ0n) is 17.0. The number of aromatic nitrogens is 1. The third-order valence-electron chi connectivity index (χ3n) is 6.98. The Morgan fingerprint density at radius 2 is 2.11 bits per heavy atom. The van der Waals surface area contributed by atoms with Gasteiger partial charge in [-0.1, -0.05) is 32.1 Å². The molecule has 2 N–H and O–H groups in total. The maximum Gasteiger partial charge on any atom is 0.228 e. The van der Waals surface area contributed by atoms with Crippen molar-refractivity contribution in [2.75, 3.05) is 13.1 Å². The molecule has 5 rings (SSSR count). The summed E-state index contributed by atoms with van der Waals surface area (Å²) in [4.78, 5) is 19.2. The number of H-pyrrole nitrogens is 1. The summed E-state index contributed by atoms with van der Waals surface area (Å²) in [5.74, 6) is 0.972. The molecule has 2 aromatic rings. The molecule has 2 atom stereocenters. The minimum absolute atomic E-state index is 0.0543. The Morgan fingerprint density at radius 1 is 1.29 bits per heavy atom. The van der Waals surface area contributed by atoms with Crippen molar-refractivity contribution < 1.29 is 4.79 Å². The van der Waals surface area contributed by atoms with Crippen LogP contribution in [0, 0.1) is 11.8 Å². The fourth-order valence-electron chi connectivity index (χ4n) is 5.12. The monoisotopic (exact) mass is 377 g/mol. The minimum atomic E-state index is -0.0543. The Balaban J connectivity index is 1.52. The first-order chi connectivity index (χ1) is 13.7. The minimum Gasteiger partial charge on any atom is -0.361 e. The second kappa shape index (κ2) is 7.07. The van der Waals surface area contributed by atoms with Gasteiger partial charge in [0.2, 0.25) is 5.91 Å². The molecule has 1 saturated carbocycles. The number of aromatic amines is 1. The highest BCUT2D eigenvalue weighted by atomic mass is 16.2. The van der Waals surface area contributed by atoms with Crippen LogP contribution in [0.4, 0.5) is 0 Å². The Bertz CT molecular complexity index is 919. The van der Waals surface area contributed by atoms with E-state index in [4.69, 9.17) is 0 Å². The van der Waals surface area contributed by atoms with Gasteiger partial charge in [-0.25, -0.2) is 0 Å². The maximum atomic E-state index is 13.1. The van der Waals surface area contributed by atoms with Gasteiger partial charge in [-0.2, -0.15) is 0 Å². The van der Waals surface area contributed by atoms with Crippen LogP contribution >= 0.6 is 0 Å². The van der Waals surface area contributed by atoms with E-state index in [0.29, 0.717) is 6.04 Å². The van der Waals surface area contributed by atoms with E-state index in [-0.39, 0.29) is 17.9 Å². The zero-order chi connectivity index (χ0) is 19.3. The number of hydrogen-bond acceptors (Lipinski definition) is 2. The topological polar surface area (TPSA) is 48.1 Å². The van der Waals surface area contributed by atoms with Crippen molar-refractivity contribution in [2.45, 2.75) is 58.0 Å². The SMILES string of the molecule is CCC(CC)NC(=O)[C@@H]1C=C2c3cccc4[nH]cc(c34)C[C@H]2N(CC2CC2)C1. The van der Waals surface area contributed by atoms with Crippen molar-refractivity contribution >= 4 is 22.4 Å². The molecule has 0 spiro atoms. The summed E-state index contributed by atoms with van der Waals surface area (Å²) in [6.45, 7) is 6.29. The van der Waals surface area contributed by atoms with Gasteiger partial charge in [-0.15, -0.1) is 0 Å². The lowest BCUT2D eigenvalue weighted by atomic mass is 9.79. The molecule has 1 aliphatic heterocycles. The van der Waals surface area contributed by atoms with Crippen LogP contribution in [0.15, 0.2) is 30.5 Å². The predicted molar refractivity (Wildman–Crippen MR) is 114 cm³/mol. The third-order valence-corrected chi connectivity index (χ3v) is 6.98. The van der Waals surface area contributed by atoms with Gasteiger partial charge in [0.15, 0.2) is 0 Å². The highest BCUT2D eigenvalue weighted by molar-refractivity contribution is 5.99.